The number of benzene rings is 1. The van der Waals surface area contributed by atoms with Crippen LogP contribution in [0.2, 0.25) is 0 Å². The Morgan fingerprint density at radius 1 is 1.13 bits per heavy atom. The molecule has 2 aromatic heterocycles. The van der Waals surface area contributed by atoms with Crippen LogP contribution in [0, 0.1) is 13.8 Å². The molecule has 0 radical (unpaired) electrons. The van der Waals surface area contributed by atoms with E-state index in [9.17, 15) is 0 Å². The van der Waals surface area contributed by atoms with E-state index < -0.39 is 5.54 Å². The van der Waals surface area contributed by atoms with Crippen LogP contribution in [0.1, 0.15) is 29.7 Å². The third-order valence-corrected chi connectivity index (χ3v) is 3.86. The van der Waals surface area contributed by atoms with E-state index in [0.717, 1.165) is 17.1 Å². The lowest BCUT2D eigenvalue weighted by molar-refractivity contribution is 0.446. The van der Waals surface area contributed by atoms with Gasteiger partial charge in [0.2, 0.25) is 0 Å². The zero-order chi connectivity index (χ0) is 16.4. The third kappa shape index (κ3) is 3.14. The molecule has 1 atom stereocenters. The van der Waals surface area contributed by atoms with Crippen molar-refractivity contribution in [2.45, 2.75) is 32.7 Å². The van der Waals surface area contributed by atoms with Crippen molar-refractivity contribution in [3.05, 3.63) is 71.6 Å². The van der Waals surface area contributed by atoms with E-state index in [-0.39, 0.29) is 0 Å². The largest absolute Gasteiger partial charge is 0.319 e. The van der Waals surface area contributed by atoms with Gasteiger partial charge >= 0.3 is 0 Å². The number of hydrogen-bond donors (Lipinski definition) is 1. The molecule has 1 aromatic carbocycles. The molecule has 5 nitrogen and oxygen atoms in total. The van der Waals surface area contributed by atoms with Crippen LogP contribution in [0.15, 0.2) is 48.8 Å². The Morgan fingerprint density at radius 2 is 1.87 bits per heavy atom. The fourth-order valence-electron chi connectivity index (χ4n) is 2.76. The van der Waals surface area contributed by atoms with Crippen LogP contribution in [0.3, 0.4) is 0 Å². The molecule has 0 bridgehead atoms. The standard InChI is InChI=1S/C18H21N5/c1-13-12-20-10-9-16(13)23-17(21-14(2)22-23)18(3,19)11-15-7-5-4-6-8-15/h4-10,12H,11,19H2,1-3H3/t18-/m0/s1. The molecule has 0 unspecified atom stereocenters. The van der Waals surface area contributed by atoms with Crippen LogP contribution in [0.4, 0.5) is 0 Å². The highest BCUT2D eigenvalue weighted by atomic mass is 15.4. The van der Waals surface area contributed by atoms with E-state index in [1.165, 1.54) is 5.56 Å². The van der Waals surface area contributed by atoms with Crippen molar-refractivity contribution in [1.82, 2.24) is 19.7 Å². The number of nitrogens with zero attached hydrogens (tertiary/aromatic N) is 4. The summed E-state index contributed by atoms with van der Waals surface area (Å²) in [5.74, 6) is 1.47. The summed E-state index contributed by atoms with van der Waals surface area (Å²) in [6.07, 6.45) is 4.27. The van der Waals surface area contributed by atoms with Crippen LogP contribution < -0.4 is 5.73 Å². The average molecular weight is 307 g/mol. The Morgan fingerprint density at radius 3 is 2.57 bits per heavy atom. The third-order valence-electron chi connectivity index (χ3n) is 3.86. The minimum absolute atomic E-state index is 0.627. The van der Waals surface area contributed by atoms with E-state index in [4.69, 9.17) is 5.73 Å². The van der Waals surface area contributed by atoms with E-state index in [0.29, 0.717) is 12.2 Å². The molecule has 5 heteroatoms. The Labute approximate surface area is 136 Å². The molecule has 0 aliphatic rings. The minimum atomic E-state index is -0.627. The van der Waals surface area contributed by atoms with Gasteiger partial charge in [-0.15, -0.1) is 0 Å². The van der Waals surface area contributed by atoms with Gasteiger partial charge in [-0.1, -0.05) is 30.3 Å². The number of aryl methyl sites for hydroxylation is 2. The van der Waals surface area contributed by atoms with Gasteiger partial charge in [-0.2, -0.15) is 5.10 Å². The highest BCUT2D eigenvalue weighted by molar-refractivity contribution is 5.38. The van der Waals surface area contributed by atoms with Crippen molar-refractivity contribution in [3.8, 4) is 5.69 Å². The first-order valence-corrected chi connectivity index (χ1v) is 7.65. The summed E-state index contributed by atoms with van der Waals surface area (Å²) in [6.45, 7) is 5.89. The van der Waals surface area contributed by atoms with E-state index in [1.807, 2.05) is 55.9 Å². The zero-order valence-corrected chi connectivity index (χ0v) is 13.7. The van der Waals surface area contributed by atoms with Crippen LogP contribution in [-0.4, -0.2) is 19.7 Å². The van der Waals surface area contributed by atoms with Gasteiger partial charge in [-0.05, 0) is 44.4 Å². The normalized spacial score (nSPS) is 13.7. The minimum Gasteiger partial charge on any atom is -0.319 e. The number of aromatic nitrogens is 4. The van der Waals surface area contributed by atoms with Crippen LogP contribution in [-0.2, 0) is 12.0 Å². The first kappa shape index (κ1) is 15.4. The molecule has 0 saturated heterocycles. The lowest BCUT2D eigenvalue weighted by Crippen LogP contribution is -2.38. The highest BCUT2D eigenvalue weighted by Gasteiger charge is 2.29. The summed E-state index contributed by atoms with van der Waals surface area (Å²) < 4.78 is 1.84. The SMILES string of the molecule is Cc1nc([C@@](C)(N)Cc2ccccc2)n(-c2ccncc2C)n1. The maximum absolute atomic E-state index is 6.63. The van der Waals surface area contributed by atoms with Crippen molar-refractivity contribution in [3.63, 3.8) is 0 Å². The first-order valence-electron chi connectivity index (χ1n) is 7.65. The highest BCUT2D eigenvalue weighted by Crippen LogP contribution is 2.24. The maximum atomic E-state index is 6.63. The Balaban J connectivity index is 2.04. The Hall–Kier alpha value is -2.53. The van der Waals surface area contributed by atoms with Crippen LogP contribution >= 0.6 is 0 Å². The molecular formula is C18H21N5. The predicted molar refractivity (Wildman–Crippen MR) is 90.3 cm³/mol. The second-order valence-electron chi connectivity index (χ2n) is 6.14. The Bertz CT molecular complexity index is 805. The summed E-state index contributed by atoms with van der Waals surface area (Å²) in [5.41, 5.74) is 9.18. The Kier molecular flexibility index (Phi) is 3.96. The van der Waals surface area contributed by atoms with Gasteiger partial charge in [0.1, 0.15) is 5.82 Å². The van der Waals surface area contributed by atoms with Crippen molar-refractivity contribution >= 4 is 0 Å². The van der Waals surface area contributed by atoms with Gasteiger partial charge in [0, 0.05) is 12.4 Å². The van der Waals surface area contributed by atoms with Crippen molar-refractivity contribution < 1.29 is 0 Å². The molecule has 0 amide bonds. The predicted octanol–water partition coefficient (Wildman–Crippen LogP) is 2.70. The molecule has 2 heterocycles. The molecule has 0 aliphatic carbocycles. The van der Waals surface area contributed by atoms with Crippen molar-refractivity contribution in [2.75, 3.05) is 0 Å². The topological polar surface area (TPSA) is 69.6 Å². The van der Waals surface area contributed by atoms with Gasteiger partial charge in [-0.25, -0.2) is 9.67 Å². The second kappa shape index (κ2) is 5.93. The molecule has 0 fully saturated rings. The number of hydrogen-bond acceptors (Lipinski definition) is 4. The van der Waals surface area contributed by atoms with Crippen LogP contribution in [0.25, 0.3) is 5.69 Å². The first-order chi connectivity index (χ1) is 11.0. The molecule has 3 aromatic rings. The second-order valence-corrected chi connectivity index (χ2v) is 6.14. The quantitative estimate of drug-likeness (QED) is 0.804. The smallest absolute Gasteiger partial charge is 0.152 e. The van der Waals surface area contributed by atoms with E-state index in [1.54, 1.807) is 6.20 Å². The van der Waals surface area contributed by atoms with Gasteiger partial charge in [0.05, 0.1) is 11.2 Å². The molecule has 3 rings (SSSR count). The average Bonchev–Trinajstić information content (AvgIpc) is 2.91. The summed E-state index contributed by atoms with van der Waals surface area (Å²) in [4.78, 5) is 8.75. The fraction of sp³-hybridized carbons (Fsp3) is 0.278. The summed E-state index contributed by atoms with van der Waals surface area (Å²) in [5, 5.41) is 4.55. The van der Waals surface area contributed by atoms with Crippen molar-refractivity contribution in [2.24, 2.45) is 5.73 Å². The van der Waals surface area contributed by atoms with Gasteiger partial charge in [0.15, 0.2) is 5.82 Å². The zero-order valence-electron chi connectivity index (χ0n) is 13.7. The fourth-order valence-corrected chi connectivity index (χ4v) is 2.76. The summed E-state index contributed by atoms with van der Waals surface area (Å²) >= 11 is 0. The lowest BCUT2D eigenvalue weighted by Gasteiger charge is -2.24. The van der Waals surface area contributed by atoms with Crippen LogP contribution in [0.5, 0.6) is 0 Å². The molecule has 0 saturated carbocycles. The molecular weight excluding hydrogens is 286 g/mol. The van der Waals surface area contributed by atoms with E-state index >= 15 is 0 Å². The maximum Gasteiger partial charge on any atom is 0.152 e. The number of nitrogens with two attached hydrogens (primary N) is 1. The monoisotopic (exact) mass is 307 g/mol. The van der Waals surface area contributed by atoms with E-state index in [2.05, 4.69) is 27.2 Å². The number of rotatable bonds is 4. The molecule has 2 N–H and O–H groups in total. The molecule has 23 heavy (non-hydrogen) atoms. The molecule has 0 spiro atoms. The van der Waals surface area contributed by atoms with Gasteiger partial charge < -0.3 is 5.73 Å². The molecule has 0 aliphatic heterocycles. The number of pyridine rings is 1. The molecule has 118 valence electrons. The van der Waals surface area contributed by atoms with Gasteiger partial charge in [-0.3, -0.25) is 4.98 Å². The van der Waals surface area contributed by atoms with Gasteiger partial charge in [0.25, 0.3) is 0 Å². The lowest BCUT2D eigenvalue weighted by atomic mass is 9.93. The summed E-state index contributed by atoms with van der Waals surface area (Å²) in [6, 6.07) is 12.1. The summed E-state index contributed by atoms with van der Waals surface area (Å²) in [7, 11) is 0. The van der Waals surface area contributed by atoms with Crippen molar-refractivity contribution in [1.29, 1.82) is 0 Å².